The van der Waals surface area contributed by atoms with Crippen molar-refractivity contribution in [3.05, 3.63) is 182 Å². The molecule has 0 aliphatic rings. The average molecular weight is 691 g/mol. The molecule has 11 aromatic rings. The zero-order valence-electron chi connectivity index (χ0n) is 29.0. The zero-order valence-corrected chi connectivity index (χ0v) is 29.0. The summed E-state index contributed by atoms with van der Waals surface area (Å²) in [5.41, 5.74) is 12.0. The lowest BCUT2D eigenvalue weighted by Gasteiger charge is -2.16. The Kier molecular flexibility index (Phi) is 6.82. The van der Waals surface area contributed by atoms with Crippen LogP contribution in [0, 0.1) is 0 Å². The maximum atomic E-state index is 6.58. The number of fused-ring (bicyclic) bond motifs is 7. The Morgan fingerprint density at radius 2 is 0.852 bits per heavy atom. The van der Waals surface area contributed by atoms with Crippen LogP contribution < -0.4 is 0 Å². The molecular weight excluding hydrogens is 661 g/mol. The lowest BCUT2D eigenvalue weighted by atomic mass is 9.91. The van der Waals surface area contributed by atoms with E-state index in [-0.39, 0.29) is 0 Å². The Morgan fingerprint density at radius 3 is 1.52 bits per heavy atom. The third-order valence-electron chi connectivity index (χ3n) is 10.5. The Bertz CT molecular complexity index is 3100. The third kappa shape index (κ3) is 4.85. The monoisotopic (exact) mass is 690 g/mol. The summed E-state index contributed by atoms with van der Waals surface area (Å²) in [6.45, 7) is 0. The van der Waals surface area contributed by atoms with Crippen molar-refractivity contribution in [2.75, 3.05) is 0 Å². The van der Waals surface area contributed by atoms with Crippen LogP contribution in [0.15, 0.2) is 191 Å². The van der Waals surface area contributed by atoms with Crippen molar-refractivity contribution in [1.82, 2.24) is 9.97 Å². The summed E-state index contributed by atoms with van der Waals surface area (Å²) in [7, 11) is 0. The summed E-state index contributed by atoms with van der Waals surface area (Å²) in [5, 5.41) is 6.44. The number of nitrogens with zero attached hydrogens (tertiary/aromatic N) is 2. The lowest BCUT2D eigenvalue weighted by molar-refractivity contribution is 0.669. The summed E-state index contributed by atoms with van der Waals surface area (Å²) in [6, 6.07) is 63.2. The van der Waals surface area contributed by atoms with Crippen LogP contribution in [0.5, 0.6) is 0 Å². The van der Waals surface area contributed by atoms with E-state index in [0.717, 1.165) is 99.4 Å². The van der Waals surface area contributed by atoms with Gasteiger partial charge in [-0.05, 0) is 69.4 Å². The van der Waals surface area contributed by atoms with E-state index in [2.05, 4.69) is 140 Å². The molecule has 11 rings (SSSR count). The molecule has 0 spiro atoms. The van der Waals surface area contributed by atoms with Crippen LogP contribution in [0.3, 0.4) is 0 Å². The van der Waals surface area contributed by atoms with Crippen LogP contribution in [-0.2, 0) is 0 Å². The molecule has 0 unspecified atom stereocenters. The van der Waals surface area contributed by atoms with Crippen LogP contribution in [0.25, 0.3) is 111 Å². The highest BCUT2D eigenvalue weighted by atomic mass is 16.3. The minimum atomic E-state index is 0.626. The summed E-state index contributed by atoms with van der Waals surface area (Å²) in [5.74, 6) is 0.626. The Hall–Kier alpha value is -7.30. The molecule has 0 aliphatic carbocycles. The smallest absolute Gasteiger partial charge is 0.161 e. The SMILES string of the molecule is c1ccc(-c2cccc(-c3ccc4ccccc4c3-c3nc(-c4cccc5c4oc4ccccc45)cc(-c4cccc5c4oc4ccccc45)n3)c2)cc1. The number of para-hydroxylation sites is 4. The van der Waals surface area contributed by atoms with E-state index < -0.39 is 0 Å². The molecule has 0 N–H and O–H groups in total. The number of furan rings is 2. The van der Waals surface area contributed by atoms with Crippen LogP contribution in [0.4, 0.5) is 0 Å². The highest BCUT2D eigenvalue weighted by Gasteiger charge is 2.22. The number of rotatable bonds is 5. The Labute approximate surface area is 310 Å². The minimum Gasteiger partial charge on any atom is -0.455 e. The fourth-order valence-corrected chi connectivity index (χ4v) is 7.98. The van der Waals surface area contributed by atoms with E-state index >= 15 is 0 Å². The number of aromatic nitrogens is 2. The molecule has 0 saturated carbocycles. The molecule has 4 nitrogen and oxygen atoms in total. The number of hydrogen-bond acceptors (Lipinski definition) is 4. The first-order valence-electron chi connectivity index (χ1n) is 18.2. The highest BCUT2D eigenvalue weighted by Crippen LogP contribution is 2.43. The van der Waals surface area contributed by atoms with Crippen molar-refractivity contribution in [2.45, 2.75) is 0 Å². The van der Waals surface area contributed by atoms with Crippen molar-refractivity contribution in [1.29, 1.82) is 0 Å². The maximum absolute atomic E-state index is 6.58. The summed E-state index contributed by atoms with van der Waals surface area (Å²) in [6.07, 6.45) is 0. The first kappa shape index (κ1) is 30.3. The van der Waals surface area contributed by atoms with Gasteiger partial charge in [-0.3, -0.25) is 0 Å². The maximum Gasteiger partial charge on any atom is 0.161 e. The topological polar surface area (TPSA) is 52.1 Å². The van der Waals surface area contributed by atoms with Crippen LogP contribution in [0.2, 0.25) is 0 Å². The molecule has 3 aromatic heterocycles. The molecule has 0 atom stereocenters. The van der Waals surface area contributed by atoms with Gasteiger partial charge in [0.25, 0.3) is 0 Å². The van der Waals surface area contributed by atoms with E-state index in [9.17, 15) is 0 Å². The summed E-state index contributed by atoms with van der Waals surface area (Å²) < 4.78 is 13.2. The van der Waals surface area contributed by atoms with Gasteiger partial charge in [0.15, 0.2) is 5.82 Å². The Balaban J connectivity index is 1.22. The van der Waals surface area contributed by atoms with Crippen molar-refractivity contribution < 1.29 is 8.83 Å². The van der Waals surface area contributed by atoms with Crippen molar-refractivity contribution in [3.63, 3.8) is 0 Å². The van der Waals surface area contributed by atoms with Gasteiger partial charge in [-0.1, -0.05) is 146 Å². The van der Waals surface area contributed by atoms with E-state index in [1.54, 1.807) is 0 Å². The molecule has 54 heavy (non-hydrogen) atoms. The number of hydrogen-bond donors (Lipinski definition) is 0. The van der Waals surface area contributed by atoms with Crippen molar-refractivity contribution in [2.24, 2.45) is 0 Å². The molecule has 8 aromatic carbocycles. The van der Waals surface area contributed by atoms with E-state index in [1.807, 2.05) is 42.5 Å². The van der Waals surface area contributed by atoms with Crippen LogP contribution in [0.1, 0.15) is 0 Å². The van der Waals surface area contributed by atoms with Gasteiger partial charge in [0, 0.05) is 38.2 Å². The van der Waals surface area contributed by atoms with Gasteiger partial charge in [-0.25, -0.2) is 9.97 Å². The molecular formula is C50H30N2O2. The standard InChI is InChI=1S/C50H30N2O2/c1-2-13-31(14-3-1)33-16-10-17-34(29-33)36-28-27-32-15-4-5-18-35(32)47(36)50-51-43(41-23-11-21-39-37-19-6-8-25-45(37)53-48(39)41)30-44(52-50)42-24-12-22-40-38-20-7-9-26-46(38)54-49(40)42/h1-30H. The quantitative estimate of drug-likeness (QED) is 0.180. The predicted molar refractivity (Wildman–Crippen MR) is 221 cm³/mol. The average Bonchev–Trinajstić information content (AvgIpc) is 3.82. The molecule has 0 saturated heterocycles. The molecule has 4 heteroatoms. The second-order valence-electron chi connectivity index (χ2n) is 13.7. The largest absolute Gasteiger partial charge is 0.455 e. The van der Waals surface area contributed by atoms with Gasteiger partial charge in [0.2, 0.25) is 0 Å². The van der Waals surface area contributed by atoms with Crippen molar-refractivity contribution in [3.8, 4) is 56.2 Å². The fourth-order valence-electron chi connectivity index (χ4n) is 7.98. The predicted octanol–water partition coefficient (Wildman–Crippen LogP) is 13.8. The highest BCUT2D eigenvalue weighted by molar-refractivity contribution is 6.11. The third-order valence-corrected chi connectivity index (χ3v) is 10.5. The first-order valence-corrected chi connectivity index (χ1v) is 18.2. The second kappa shape index (κ2) is 12.1. The molecule has 3 heterocycles. The fraction of sp³-hybridized carbons (Fsp3) is 0. The van der Waals surface area contributed by atoms with Gasteiger partial charge >= 0.3 is 0 Å². The molecule has 252 valence electrons. The first-order chi connectivity index (χ1) is 26.8. The summed E-state index contributed by atoms with van der Waals surface area (Å²) in [4.78, 5) is 10.9. The van der Waals surface area contributed by atoms with Gasteiger partial charge < -0.3 is 8.83 Å². The second-order valence-corrected chi connectivity index (χ2v) is 13.7. The van der Waals surface area contributed by atoms with E-state index in [4.69, 9.17) is 18.8 Å². The van der Waals surface area contributed by atoms with Crippen molar-refractivity contribution >= 4 is 54.6 Å². The lowest BCUT2D eigenvalue weighted by Crippen LogP contribution is -1.99. The zero-order chi connectivity index (χ0) is 35.6. The molecule has 0 radical (unpaired) electrons. The van der Waals surface area contributed by atoms with E-state index in [0.29, 0.717) is 5.82 Å². The van der Waals surface area contributed by atoms with Gasteiger partial charge in [-0.2, -0.15) is 0 Å². The minimum absolute atomic E-state index is 0.626. The molecule has 0 bridgehead atoms. The molecule has 0 aliphatic heterocycles. The van der Waals surface area contributed by atoms with Crippen LogP contribution >= 0.6 is 0 Å². The normalized spacial score (nSPS) is 11.7. The van der Waals surface area contributed by atoms with Gasteiger partial charge in [-0.15, -0.1) is 0 Å². The van der Waals surface area contributed by atoms with Gasteiger partial charge in [0.05, 0.1) is 11.4 Å². The van der Waals surface area contributed by atoms with E-state index in [1.165, 1.54) is 5.56 Å². The summed E-state index contributed by atoms with van der Waals surface area (Å²) >= 11 is 0. The molecule has 0 amide bonds. The van der Waals surface area contributed by atoms with Crippen LogP contribution in [-0.4, -0.2) is 9.97 Å². The number of benzene rings is 8. The molecule has 0 fully saturated rings. The van der Waals surface area contributed by atoms with Gasteiger partial charge in [0.1, 0.15) is 22.3 Å². The Morgan fingerprint density at radius 1 is 0.333 bits per heavy atom.